The van der Waals surface area contributed by atoms with Crippen LogP contribution in [0.1, 0.15) is 32.8 Å². The maximum atomic E-state index is 13.0. The van der Waals surface area contributed by atoms with Crippen molar-refractivity contribution >= 4 is 23.2 Å². The lowest BCUT2D eigenvalue weighted by atomic mass is 9.92. The van der Waals surface area contributed by atoms with Crippen LogP contribution in [0.3, 0.4) is 0 Å². The first-order chi connectivity index (χ1) is 11.3. The van der Waals surface area contributed by atoms with Crippen LogP contribution < -0.4 is 0 Å². The molecule has 0 saturated carbocycles. The van der Waals surface area contributed by atoms with Crippen LogP contribution >= 0.6 is 0 Å². The Kier molecular flexibility index (Phi) is 5.07. The van der Waals surface area contributed by atoms with E-state index in [9.17, 15) is 14.4 Å². The number of allylic oxidation sites excluding steroid dienone is 1. The number of hydrogen-bond acceptors (Lipinski definition) is 5. The number of carbonyl (C=O) groups excluding carboxylic acids is 3. The van der Waals surface area contributed by atoms with Crippen molar-refractivity contribution in [1.82, 2.24) is 4.90 Å². The predicted octanol–water partition coefficient (Wildman–Crippen LogP) is 2.14. The zero-order chi connectivity index (χ0) is 17.9. The summed E-state index contributed by atoms with van der Waals surface area (Å²) >= 11 is 0. The summed E-state index contributed by atoms with van der Waals surface area (Å²) in [7, 11) is 1.22. The number of carbonyl (C=O) groups is 3. The molecule has 0 aliphatic carbocycles. The van der Waals surface area contributed by atoms with Crippen molar-refractivity contribution in [1.29, 1.82) is 0 Å². The van der Waals surface area contributed by atoms with E-state index in [0.717, 1.165) is 5.56 Å². The smallest absolute Gasteiger partial charge is 0.313 e. The van der Waals surface area contributed by atoms with Crippen LogP contribution in [0.4, 0.5) is 0 Å². The number of benzene rings is 1. The molecule has 128 valence electrons. The van der Waals surface area contributed by atoms with Gasteiger partial charge in [0.1, 0.15) is 12.2 Å². The standard InChI is InChI=1S/C18H21NO5/c1-12-16(13-8-6-5-7-9-13)17(22)19(11-24-12)18(2,3)14(20)10-15(21)23-4/h5-9H,10-11H2,1-4H3. The molecule has 0 N–H and O–H groups in total. The van der Waals surface area contributed by atoms with Crippen molar-refractivity contribution in [3.8, 4) is 0 Å². The fourth-order valence-electron chi connectivity index (χ4n) is 2.49. The molecule has 24 heavy (non-hydrogen) atoms. The van der Waals surface area contributed by atoms with Crippen molar-refractivity contribution in [3.63, 3.8) is 0 Å². The molecule has 0 fully saturated rings. The third kappa shape index (κ3) is 3.32. The lowest BCUT2D eigenvalue weighted by Gasteiger charge is -2.40. The normalized spacial score (nSPS) is 15.2. The zero-order valence-electron chi connectivity index (χ0n) is 14.3. The number of Topliss-reactive ketones (excluding diaryl/α,β-unsaturated/α-hetero) is 1. The first-order valence-corrected chi connectivity index (χ1v) is 7.60. The van der Waals surface area contributed by atoms with Crippen molar-refractivity contribution in [2.24, 2.45) is 0 Å². The van der Waals surface area contributed by atoms with Crippen molar-refractivity contribution in [2.45, 2.75) is 32.7 Å². The van der Waals surface area contributed by atoms with E-state index < -0.39 is 23.7 Å². The lowest BCUT2D eigenvalue weighted by Crippen LogP contribution is -2.55. The van der Waals surface area contributed by atoms with Gasteiger partial charge in [-0.2, -0.15) is 0 Å². The maximum Gasteiger partial charge on any atom is 0.313 e. The molecular formula is C18H21NO5. The Bertz CT molecular complexity index is 691. The van der Waals surface area contributed by atoms with Crippen LogP contribution in [0.25, 0.3) is 5.57 Å². The highest BCUT2D eigenvalue weighted by Gasteiger charge is 2.42. The molecule has 6 heteroatoms. The monoisotopic (exact) mass is 331 g/mol. The van der Waals surface area contributed by atoms with Crippen LogP contribution in [0.15, 0.2) is 36.1 Å². The Morgan fingerprint density at radius 1 is 1.25 bits per heavy atom. The topological polar surface area (TPSA) is 72.9 Å². The zero-order valence-corrected chi connectivity index (χ0v) is 14.3. The second-order valence-electron chi connectivity index (χ2n) is 6.04. The molecule has 6 nitrogen and oxygen atoms in total. The third-order valence-corrected chi connectivity index (χ3v) is 4.17. The van der Waals surface area contributed by atoms with Crippen LogP contribution in [0, 0.1) is 0 Å². The van der Waals surface area contributed by atoms with Gasteiger partial charge in [-0.15, -0.1) is 0 Å². The minimum Gasteiger partial charge on any atom is -0.477 e. The fourth-order valence-corrected chi connectivity index (χ4v) is 2.49. The average molecular weight is 331 g/mol. The molecule has 0 aromatic heterocycles. The summed E-state index contributed by atoms with van der Waals surface area (Å²) in [5.41, 5.74) is -0.0480. The molecule has 0 radical (unpaired) electrons. The number of ketones is 1. The second kappa shape index (κ2) is 6.86. The minimum atomic E-state index is -1.19. The van der Waals surface area contributed by atoms with E-state index in [-0.39, 0.29) is 12.6 Å². The summed E-state index contributed by atoms with van der Waals surface area (Å²) in [5, 5.41) is 0. The summed E-state index contributed by atoms with van der Waals surface area (Å²) in [6.45, 7) is 4.88. The van der Waals surface area contributed by atoms with Gasteiger partial charge in [-0.05, 0) is 26.3 Å². The molecule has 0 atom stereocenters. The first kappa shape index (κ1) is 17.7. The molecule has 1 aliphatic heterocycles. The summed E-state index contributed by atoms with van der Waals surface area (Å²) in [4.78, 5) is 38.1. The molecular weight excluding hydrogens is 310 g/mol. The van der Waals surface area contributed by atoms with Gasteiger partial charge in [-0.25, -0.2) is 0 Å². The third-order valence-electron chi connectivity index (χ3n) is 4.17. The van der Waals surface area contributed by atoms with E-state index in [1.54, 1.807) is 20.8 Å². The van der Waals surface area contributed by atoms with Crippen LogP contribution in [-0.4, -0.2) is 41.9 Å². The molecule has 1 aliphatic rings. The minimum absolute atomic E-state index is 0.0408. The van der Waals surface area contributed by atoms with E-state index >= 15 is 0 Å². The molecule has 0 bridgehead atoms. The van der Waals surface area contributed by atoms with E-state index in [2.05, 4.69) is 4.74 Å². The largest absolute Gasteiger partial charge is 0.477 e. The van der Waals surface area contributed by atoms with Gasteiger partial charge in [-0.3, -0.25) is 19.3 Å². The van der Waals surface area contributed by atoms with Gasteiger partial charge in [0.25, 0.3) is 5.91 Å². The summed E-state index contributed by atoms with van der Waals surface area (Å²) in [5.74, 6) is -0.821. The number of hydrogen-bond donors (Lipinski definition) is 0. The van der Waals surface area contributed by atoms with Gasteiger partial charge in [-0.1, -0.05) is 30.3 Å². The fraction of sp³-hybridized carbons (Fsp3) is 0.389. The average Bonchev–Trinajstić information content (AvgIpc) is 2.55. The van der Waals surface area contributed by atoms with Crippen LogP contribution in [0.2, 0.25) is 0 Å². The van der Waals surface area contributed by atoms with E-state index in [4.69, 9.17) is 4.74 Å². The van der Waals surface area contributed by atoms with E-state index in [0.29, 0.717) is 11.3 Å². The second-order valence-corrected chi connectivity index (χ2v) is 6.04. The lowest BCUT2D eigenvalue weighted by molar-refractivity contribution is -0.153. The Balaban J connectivity index is 2.32. The number of esters is 1. The molecule has 0 unspecified atom stereocenters. The van der Waals surface area contributed by atoms with Gasteiger partial charge >= 0.3 is 5.97 Å². The Hall–Kier alpha value is -2.63. The quantitative estimate of drug-likeness (QED) is 0.610. The number of ether oxygens (including phenoxy) is 2. The summed E-state index contributed by atoms with van der Waals surface area (Å²) in [6.07, 6.45) is -0.392. The number of amides is 1. The van der Waals surface area contributed by atoms with Gasteiger partial charge in [0, 0.05) is 0 Å². The van der Waals surface area contributed by atoms with Crippen LogP contribution in [-0.2, 0) is 23.9 Å². The number of nitrogens with zero attached hydrogens (tertiary/aromatic N) is 1. The maximum absolute atomic E-state index is 13.0. The van der Waals surface area contributed by atoms with Gasteiger partial charge in [0.15, 0.2) is 12.5 Å². The number of rotatable bonds is 5. The molecule has 1 aromatic carbocycles. The highest BCUT2D eigenvalue weighted by molar-refractivity contribution is 6.21. The molecule has 0 spiro atoms. The summed E-state index contributed by atoms with van der Waals surface area (Å²) < 4.78 is 10.1. The number of methoxy groups -OCH3 is 1. The predicted molar refractivity (Wildman–Crippen MR) is 87.6 cm³/mol. The van der Waals surface area contributed by atoms with Crippen LogP contribution in [0.5, 0.6) is 0 Å². The SMILES string of the molecule is COC(=O)CC(=O)C(C)(C)N1COC(C)=C(c2ccccc2)C1=O. The van der Waals surface area contributed by atoms with Crippen molar-refractivity contribution in [2.75, 3.05) is 13.8 Å². The molecule has 1 aromatic rings. The molecule has 2 rings (SSSR count). The van der Waals surface area contributed by atoms with Gasteiger partial charge < -0.3 is 9.47 Å². The van der Waals surface area contributed by atoms with Crippen molar-refractivity contribution < 1.29 is 23.9 Å². The molecule has 1 heterocycles. The van der Waals surface area contributed by atoms with E-state index in [1.165, 1.54) is 12.0 Å². The highest BCUT2D eigenvalue weighted by atomic mass is 16.5. The van der Waals surface area contributed by atoms with E-state index in [1.807, 2.05) is 30.3 Å². The Morgan fingerprint density at radius 3 is 2.46 bits per heavy atom. The van der Waals surface area contributed by atoms with Gasteiger partial charge in [0.05, 0.1) is 18.2 Å². The molecule has 0 saturated heterocycles. The Morgan fingerprint density at radius 2 is 1.88 bits per heavy atom. The Labute approximate surface area is 141 Å². The first-order valence-electron chi connectivity index (χ1n) is 7.60. The molecule has 1 amide bonds. The summed E-state index contributed by atoms with van der Waals surface area (Å²) in [6, 6.07) is 9.14. The van der Waals surface area contributed by atoms with Crippen molar-refractivity contribution in [3.05, 3.63) is 41.7 Å². The van der Waals surface area contributed by atoms with Gasteiger partial charge in [0.2, 0.25) is 0 Å². The highest BCUT2D eigenvalue weighted by Crippen LogP contribution is 2.31.